The third kappa shape index (κ3) is 4.76. The third-order valence-corrected chi connectivity index (χ3v) is 4.56. The molecular weight excluding hydrogens is 406 g/mol. The molecule has 0 spiro atoms. The summed E-state index contributed by atoms with van der Waals surface area (Å²) in [6.45, 7) is 4.03. The number of non-ortho nitro benzene ring substituents is 1. The highest BCUT2D eigenvalue weighted by atomic mass is 32.1. The van der Waals surface area contributed by atoms with Crippen LogP contribution in [0.2, 0.25) is 0 Å². The Balaban J connectivity index is 1.68. The lowest BCUT2D eigenvalue weighted by Crippen LogP contribution is -2.53. The van der Waals surface area contributed by atoms with Crippen molar-refractivity contribution in [2.24, 2.45) is 0 Å². The Labute approximate surface area is 177 Å². The monoisotopic (exact) mass is 423 g/mol. The number of amides is 2. The van der Waals surface area contributed by atoms with Crippen molar-refractivity contribution in [3.05, 3.63) is 88.0 Å². The molecule has 1 heterocycles. The molecule has 0 saturated carbocycles. The Kier molecular flexibility index (Phi) is 6.33. The second-order valence-electron chi connectivity index (χ2n) is 6.30. The predicted octanol–water partition coefficient (Wildman–Crippen LogP) is 2.99. The van der Waals surface area contributed by atoms with Crippen LogP contribution in [0, 0.1) is 10.1 Å². The standard InChI is InChI=1S/C21H17N3O5S/c1-2-11-23-20(26)18(19(25)22-21(23)30)12-14-5-9-17(10-6-14)29-13-15-3-7-16(8-4-15)24(27)28/h2-10,12H,1,11,13H2,(H,22,25,30). The second kappa shape index (κ2) is 9.10. The van der Waals surface area contributed by atoms with Crippen molar-refractivity contribution in [3.8, 4) is 5.75 Å². The number of rotatable bonds is 7. The van der Waals surface area contributed by atoms with E-state index in [1.807, 2.05) is 0 Å². The Morgan fingerprint density at radius 2 is 1.80 bits per heavy atom. The van der Waals surface area contributed by atoms with Crippen molar-refractivity contribution in [1.82, 2.24) is 10.2 Å². The molecule has 9 heteroatoms. The highest BCUT2D eigenvalue weighted by Crippen LogP contribution is 2.19. The molecule has 2 aromatic carbocycles. The number of benzene rings is 2. The van der Waals surface area contributed by atoms with Crippen molar-refractivity contribution in [1.29, 1.82) is 0 Å². The molecule has 2 amide bonds. The molecule has 1 N–H and O–H groups in total. The first kappa shape index (κ1) is 20.9. The van der Waals surface area contributed by atoms with Crippen molar-refractivity contribution < 1.29 is 19.2 Å². The van der Waals surface area contributed by atoms with Gasteiger partial charge in [0.15, 0.2) is 5.11 Å². The fraction of sp³-hybridized carbons (Fsp3) is 0.0952. The number of hydrogen-bond acceptors (Lipinski definition) is 6. The van der Waals surface area contributed by atoms with E-state index in [-0.39, 0.29) is 29.5 Å². The Morgan fingerprint density at radius 1 is 1.13 bits per heavy atom. The molecular formula is C21H17N3O5S. The van der Waals surface area contributed by atoms with Gasteiger partial charge in [0.05, 0.1) is 4.92 Å². The lowest BCUT2D eigenvalue weighted by atomic mass is 10.1. The lowest BCUT2D eigenvalue weighted by Gasteiger charge is -2.27. The van der Waals surface area contributed by atoms with E-state index in [2.05, 4.69) is 11.9 Å². The number of nitro groups is 1. The first-order valence-electron chi connectivity index (χ1n) is 8.85. The molecule has 0 aromatic heterocycles. The maximum atomic E-state index is 12.5. The maximum Gasteiger partial charge on any atom is 0.269 e. The highest BCUT2D eigenvalue weighted by Gasteiger charge is 2.32. The fourth-order valence-corrected chi connectivity index (χ4v) is 2.95. The molecule has 30 heavy (non-hydrogen) atoms. The van der Waals surface area contributed by atoms with E-state index in [1.165, 1.54) is 29.2 Å². The van der Waals surface area contributed by atoms with Crippen molar-refractivity contribution in [2.75, 3.05) is 6.54 Å². The minimum Gasteiger partial charge on any atom is -0.489 e. The van der Waals surface area contributed by atoms with Crippen LogP contribution in [0.25, 0.3) is 6.08 Å². The van der Waals surface area contributed by atoms with E-state index in [0.29, 0.717) is 11.3 Å². The summed E-state index contributed by atoms with van der Waals surface area (Å²) in [6.07, 6.45) is 3.01. The molecule has 152 valence electrons. The van der Waals surface area contributed by atoms with E-state index < -0.39 is 16.7 Å². The molecule has 1 fully saturated rings. The zero-order valence-corrected chi connectivity index (χ0v) is 16.6. The Hall–Kier alpha value is -3.85. The van der Waals surface area contributed by atoms with E-state index >= 15 is 0 Å². The van der Waals surface area contributed by atoms with E-state index in [9.17, 15) is 19.7 Å². The number of ether oxygens (including phenoxy) is 1. The molecule has 1 aliphatic rings. The third-order valence-electron chi connectivity index (χ3n) is 4.24. The van der Waals surface area contributed by atoms with Crippen molar-refractivity contribution in [3.63, 3.8) is 0 Å². The first-order chi connectivity index (χ1) is 14.4. The van der Waals surface area contributed by atoms with Gasteiger partial charge in [0.1, 0.15) is 17.9 Å². The topological polar surface area (TPSA) is 102 Å². The maximum absolute atomic E-state index is 12.5. The van der Waals surface area contributed by atoms with Crippen LogP contribution in [0.15, 0.2) is 66.8 Å². The van der Waals surface area contributed by atoms with E-state index in [1.54, 1.807) is 36.4 Å². The summed E-state index contributed by atoms with van der Waals surface area (Å²) < 4.78 is 5.67. The van der Waals surface area contributed by atoms with Crippen LogP contribution in [0.4, 0.5) is 5.69 Å². The smallest absolute Gasteiger partial charge is 0.269 e. The zero-order valence-electron chi connectivity index (χ0n) is 15.7. The lowest BCUT2D eigenvalue weighted by molar-refractivity contribution is -0.384. The van der Waals surface area contributed by atoms with Gasteiger partial charge in [-0.25, -0.2) is 0 Å². The molecule has 0 bridgehead atoms. The van der Waals surface area contributed by atoms with Gasteiger partial charge in [-0.05, 0) is 53.7 Å². The van der Waals surface area contributed by atoms with Gasteiger partial charge in [0.2, 0.25) is 0 Å². The second-order valence-corrected chi connectivity index (χ2v) is 6.69. The summed E-state index contributed by atoms with van der Waals surface area (Å²) >= 11 is 5.02. The number of carbonyl (C=O) groups excluding carboxylic acids is 2. The van der Waals surface area contributed by atoms with Crippen molar-refractivity contribution in [2.45, 2.75) is 6.61 Å². The van der Waals surface area contributed by atoms with Crippen LogP contribution < -0.4 is 10.1 Å². The van der Waals surface area contributed by atoms with Gasteiger partial charge >= 0.3 is 0 Å². The fourth-order valence-electron chi connectivity index (χ4n) is 2.70. The van der Waals surface area contributed by atoms with Gasteiger partial charge < -0.3 is 4.74 Å². The van der Waals surface area contributed by atoms with Crippen molar-refractivity contribution >= 4 is 40.9 Å². The van der Waals surface area contributed by atoms with Gasteiger partial charge in [0.25, 0.3) is 17.5 Å². The summed E-state index contributed by atoms with van der Waals surface area (Å²) in [6, 6.07) is 12.9. The Morgan fingerprint density at radius 3 is 2.40 bits per heavy atom. The van der Waals surface area contributed by atoms with Crippen LogP contribution in [0.1, 0.15) is 11.1 Å². The highest BCUT2D eigenvalue weighted by molar-refractivity contribution is 7.80. The van der Waals surface area contributed by atoms with Crippen LogP contribution in [-0.2, 0) is 16.2 Å². The molecule has 0 aliphatic carbocycles. The summed E-state index contributed by atoms with van der Waals surface area (Å²) in [7, 11) is 0. The summed E-state index contributed by atoms with van der Waals surface area (Å²) in [5.41, 5.74) is 1.42. The predicted molar refractivity (Wildman–Crippen MR) is 114 cm³/mol. The van der Waals surface area contributed by atoms with Gasteiger partial charge in [-0.3, -0.25) is 29.9 Å². The van der Waals surface area contributed by atoms with Crippen LogP contribution in [-0.4, -0.2) is 33.3 Å². The van der Waals surface area contributed by atoms with Gasteiger partial charge in [-0.15, -0.1) is 6.58 Å². The molecule has 0 atom stereocenters. The van der Waals surface area contributed by atoms with Gasteiger partial charge in [-0.1, -0.05) is 18.2 Å². The molecule has 3 rings (SSSR count). The molecule has 1 saturated heterocycles. The van der Waals surface area contributed by atoms with Crippen LogP contribution in [0.3, 0.4) is 0 Å². The van der Waals surface area contributed by atoms with Gasteiger partial charge in [0, 0.05) is 18.7 Å². The molecule has 1 aliphatic heterocycles. The number of hydrogen-bond donors (Lipinski definition) is 1. The number of thiocarbonyl (C=S) groups is 1. The number of carbonyl (C=O) groups is 2. The van der Waals surface area contributed by atoms with Gasteiger partial charge in [-0.2, -0.15) is 0 Å². The zero-order chi connectivity index (χ0) is 21.7. The summed E-state index contributed by atoms with van der Waals surface area (Å²) in [5.74, 6) is -0.463. The molecule has 8 nitrogen and oxygen atoms in total. The number of nitro benzene ring substituents is 1. The quantitative estimate of drug-likeness (QED) is 0.183. The number of nitrogens with one attached hydrogen (secondary N) is 1. The SMILES string of the molecule is C=CCN1C(=O)C(=Cc2ccc(OCc3ccc([N+](=O)[O-])cc3)cc2)C(=O)NC1=S. The largest absolute Gasteiger partial charge is 0.489 e. The average Bonchev–Trinajstić information content (AvgIpc) is 2.74. The molecule has 2 aromatic rings. The summed E-state index contributed by atoms with van der Waals surface area (Å²) in [4.78, 5) is 36.2. The minimum absolute atomic E-state index is 0.0184. The minimum atomic E-state index is -0.552. The normalized spacial score (nSPS) is 15.1. The molecule has 0 radical (unpaired) electrons. The van der Waals surface area contributed by atoms with Crippen LogP contribution >= 0.6 is 12.2 Å². The summed E-state index contributed by atoms with van der Waals surface area (Å²) in [5, 5.41) is 13.2. The van der Waals surface area contributed by atoms with E-state index in [0.717, 1.165) is 5.56 Å². The first-order valence-corrected chi connectivity index (χ1v) is 9.26. The van der Waals surface area contributed by atoms with E-state index in [4.69, 9.17) is 17.0 Å². The molecule has 0 unspecified atom stereocenters. The van der Waals surface area contributed by atoms with Crippen LogP contribution in [0.5, 0.6) is 5.75 Å². The average molecular weight is 423 g/mol. The number of nitrogens with zero attached hydrogens (tertiary/aromatic N) is 2. The Bertz CT molecular complexity index is 1050.